The lowest BCUT2D eigenvalue weighted by atomic mass is 9.97. The third kappa shape index (κ3) is 4.32. The zero-order valence-corrected chi connectivity index (χ0v) is 8.47. The Labute approximate surface area is 75.9 Å². The van der Waals surface area contributed by atoms with Gasteiger partial charge in [-0.05, 0) is 19.3 Å². The third-order valence-corrected chi connectivity index (χ3v) is 1.95. The quantitative estimate of drug-likeness (QED) is 0.556. The van der Waals surface area contributed by atoms with Crippen LogP contribution in [0.2, 0.25) is 0 Å². The molecule has 0 aliphatic heterocycles. The number of carbonyl (C=O) groups excluding carboxylic acids is 1. The van der Waals surface area contributed by atoms with Crippen molar-refractivity contribution in [3.05, 3.63) is 12.2 Å². The van der Waals surface area contributed by atoms with Crippen molar-refractivity contribution >= 4 is 5.78 Å². The van der Waals surface area contributed by atoms with E-state index in [9.17, 15) is 4.79 Å². The minimum absolute atomic E-state index is 0.171. The molecule has 0 aliphatic rings. The molecule has 0 aliphatic carbocycles. The number of ketones is 1. The van der Waals surface area contributed by atoms with E-state index in [1.54, 1.807) is 0 Å². The monoisotopic (exact) mass is 168 g/mol. The van der Waals surface area contributed by atoms with E-state index in [4.69, 9.17) is 0 Å². The Balaban J connectivity index is 3.96. The minimum atomic E-state index is 0.171. The largest absolute Gasteiger partial charge is 0.299 e. The molecule has 70 valence electrons. The summed E-state index contributed by atoms with van der Waals surface area (Å²) in [7, 11) is 0. The first-order valence-electron chi connectivity index (χ1n) is 4.95. The highest BCUT2D eigenvalue weighted by Gasteiger charge is 2.10. The topological polar surface area (TPSA) is 17.1 Å². The van der Waals surface area contributed by atoms with Crippen LogP contribution >= 0.6 is 0 Å². The molecule has 1 heteroatoms. The van der Waals surface area contributed by atoms with Gasteiger partial charge in [0.25, 0.3) is 0 Å². The predicted molar refractivity (Wildman–Crippen MR) is 53.1 cm³/mol. The van der Waals surface area contributed by atoms with Crippen molar-refractivity contribution in [1.82, 2.24) is 0 Å². The fraction of sp³-hybridized carbons (Fsp3) is 0.727. The maximum Gasteiger partial charge on any atom is 0.139 e. The van der Waals surface area contributed by atoms with E-state index in [2.05, 4.69) is 26.0 Å². The van der Waals surface area contributed by atoms with Crippen LogP contribution in [-0.2, 0) is 4.79 Å². The van der Waals surface area contributed by atoms with E-state index >= 15 is 0 Å². The summed E-state index contributed by atoms with van der Waals surface area (Å²) in [5.41, 5.74) is 0. The van der Waals surface area contributed by atoms with E-state index in [1.807, 2.05) is 6.92 Å². The highest BCUT2D eigenvalue weighted by molar-refractivity contribution is 5.82. The van der Waals surface area contributed by atoms with Gasteiger partial charge in [-0.15, -0.1) is 0 Å². The van der Waals surface area contributed by atoms with E-state index in [-0.39, 0.29) is 5.92 Å². The van der Waals surface area contributed by atoms with Crippen LogP contribution in [0.4, 0.5) is 0 Å². The van der Waals surface area contributed by atoms with Crippen molar-refractivity contribution < 1.29 is 4.79 Å². The van der Waals surface area contributed by atoms with Crippen LogP contribution in [0.15, 0.2) is 12.2 Å². The fourth-order valence-corrected chi connectivity index (χ4v) is 1.20. The second-order valence-corrected chi connectivity index (χ2v) is 3.07. The highest BCUT2D eigenvalue weighted by Crippen LogP contribution is 2.10. The molecule has 0 aromatic rings. The molecule has 0 spiro atoms. The van der Waals surface area contributed by atoms with Gasteiger partial charge in [-0.25, -0.2) is 0 Å². The molecule has 12 heavy (non-hydrogen) atoms. The van der Waals surface area contributed by atoms with E-state index in [1.165, 1.54) is 0 Å². The van der Waals surface area contributed by atoms with E-state index in [0.717, 1.165) is 25.7 Å². The molecule has 0 fully saturated rings. The lowest BCUT2D eigenvalue weighted by molar-refractivity contribution is -0.121. The molecular weight excluding hydrogens is 148 g/mol. The molecule has 1 nitrogen and oxygen atoms in total. The van der Waals surface area contributed by atoms with Gasteiger partial charge in [0, 0.05) is 12.3 Å². The first kappa shape index (κ1) is 11.4. The zero-order chi connectivity index (χ0) is 9.40. The zero-order valence-electron chi connectivity index (χ0n) is 8.47. The minimum Gasteiger partial charge on any atom is -0.299 e. The lowest BCUT2D eigenvalue weighted by Gasteiger charge is -2.06. The smallest absolute Gasteiger partial charge is 0.139 e. The third-order valence-electron chi connectivity index (χ3n) is 1.95. The molecule has 0 rings (SSSR count). The molecule has 1 unspecified atom stereocenters. The van der Waals surface area contributed by atoms with Crippen molar-refractivity contribution in [2.24, 2.45) is 5.92 Å². The van der Waals surface area contributed by atoms with Crippen LogP contribution in [0.3, 0.4) is 0 Å². The first-order chi connectivity index (χ1) is 5.76. The molecule has 0 saturated heterocycles. The standard InChI is InChI=1S/C11H20O/c1-4-7-9-10(6-3)11(12)8-5-2/h7,9-10H,4-6,8H2,1-3H3/b9-7+. The number of Topliss-reactive ketones (excluding diaryl/α,β-unsaturated/α-hetero) is 1. The van der Waals surface area contributed by atoms with Crippen molar-refractivity contribution in [3.63, 3.8) is 0 Å². The van der Waals surface area contributed by atoms with Gasteiger partial charge in [-0.2, -0.15) is 0 Å². The summed E-state index contributed by atoms with van der Waals surface area (Å²) in [6, 6.07) is 0. The SMILES string of the molecule is CC/C=C/C(CC)C(=O)CCC. The van der Waals surface area contributed by atoms with Crippen molar-refractivity contribution in [1.29, 1.82) is 0 Å². The van der Waals surface area contributed by atoms with Gasteiger partial charge in [-0.3, -0.25) is 4.79 Å². The predicted octanol–water partition coefficient (Wildman–Crippen LogP) is 3.35. The molecule has 0 saturated carbocycles. The Hall–Kier alpha value is -0.590. The van der Waals surface area contributed by atoms with Crippen LogP contribution in [0.1, 0.15) is 46.5 Å². The van der Waals surface area contributed by atoms with Crippen LogP contribution in [0.5, 0.6) is 0 Å². The molecule has 0 amide bonds. The van der Waals surface area contributed by atoms with Crippen molar-refractivity contribution in [2.75, 3.05) is 0 Å². The normalized spacial score (nSPS) is 13.6. The summed E-state index contributed by atoms with van der Waals surface area (Å²) >= 11 is 0. The first-order valence-corrected chi connectivity index (χ1v) is 4.95. The van der Waals surface area contributed by atoms with E-state index < -0.39 is 0 Å². The maximum atomic E-state index is 11.4. The Morgan fingerprint density at radius 2 is 2.00 bits per heavy atom. The molecule has 1 atom stereocenters. The Morgan fingerprint density at radius 1 is 1.33 bits per heavy atom. The summed E-state index contributed by atoms with van der Waals surface area (Å²) in [6.45, 7) is 6.21. The number of rotatable bonds is 6. The number of hydrogen-bond donors (Lipinski definition) is 0. The van der Waals surface area contributed by atoms with Crippen LogP contribution in [-0.4, -0.2) is 5.78 Å². The summed E-state index contributed by atoms with van der Waals surface area (Å²) in [5, 5.41) is 0. The van der Waals surface area contributed by atoms with Gasteiger partial charge in [0.2, 0.25) is 0 Å². The molecule has 0 bridgehead atoms. The summed E-state index contributed by atoms with van der Waals surface area (Å²) in [5.74, 6) is 0.564. The van der Waals surface area contributed by atoms with Gasteiger partial charge in [0.15, 0.2) is 0 Å². The molecule has 0 heterocycles. The Morgan fingerprint density at radius 3 is 2.42 bits per heavy atom. The second-order valence-electron chi connectivity index (χ2n) is 3.07. The molecule has 0 radical (unpaired) electrons. The summed E-state index contributed by atoms with van der Waals surface area (Å²) in [4.78, 5) is 11.4. The molecule has 0 aromatic heterocycles. The number of carbonyl (C=O) groups is 1. The van der Waals surface area contributed by atoms with Gasteiger partial charge < -0.3 is 0 Å². The summed E-state index contributed by atoms with van der Waals surface area (Å²) < 4.78 is 0. The van der Waals surface area contributed by atoms with Crippen LogP contribution < -0.4 is 0 Å². The van der Waals surface area contributed by atoms with Gasteiger partial charge in [-0.1, -0.05) is 32.9 Å². The molecule has 0 aromatic carbocycles. The second kappa shape index (κ2) is 7.08. The highest BCUT2D eigenvalue weighted by atomic mass is 16.1. The van der Waals surface area contributed by atoms with Gasteiger partial charge in [0.05, 0.1) is 0 Å². The Bertz CT molecular complexity index is 147. The average Bonchev–Trinajstić information content (AvgIpc) is 2.06. The van der Waals surface area contributed by atoms with E-state index in [0.29, 0.717) is 5.78 Å². The molecular formula is C11H20O. The van der Waals surface area contributed by atoms with Crippen molar-refractivity contribution in [3.8, 4) is 0 Å². The Kier molecular flexibility index (Phi) is 6.73. The average molecular weight is 168 g/mol. The maximum absolute atomic E-state index is 11.4. The van der Waals surface area contributed by atoms with Gasteiger partial charge >= 0.3 is 0 Å². The lowest BCUT2D eigenvalue weighted by Crippen LogP contribution is -2.10. The number of allylic oxidation sites excluding steroid dienone is 2. The number of hydrogen-bond acceptors (Lipinski definition) is 1. The molecule has 0 N–H and O–H groups in total. The van der Waals surface area contributed by atoms with Gasteiger partial charge in [0.1, 0.15) is 5.78 Å². The summed E-state index contributed by atoms with van der Waals surface area (Å²) in [6.07, 6.45) is 7.80. The fourth-order valence-electron chi connectivity index (χ4n) is 1.20. The van der Waals surface area contributed by atoms with Crippen molar-refractivity contribution in [2.45, 2.75) is 46.5 Å². The van der Waals surface area contributed by atoms with Crippen LogP contribution in [0, 0.1) is 5.92 Å². The van der Waals surface area contributed by atoms with Crippen LogP contribution in [0.25, 0.3) is 0 Å².